The molecule has 120 valence electrons. The second-order valence-electron chi connectivity index (χ2n) is 5.55. The number of amides is 2. The molecule has 2 aromatic rings. The summed E-state index contributed by atoms with van der Waals surface area (Å²) >= 11 is 1.67. The van der Waals surface area contributed by atoms with Gasteiger partial charge in [0.25, 0.3) is 0 Å². The maximum absolute atomic E-state index is 12.0. The van der Waals surface area contributed by atoms with Crippen LogP contribution < -0.4 is 10.6 Å². The summed E-state index contributed by atoms with van der Waals surface area (Å²) in [6.07, 6.45) is 5.36. The lowest BCUT2D eigenvalue weighted by molar-refractivity contribution is 0.229. The fourth-order valence-corrected chi connectivity index (χ4v) is 2.99. The fourth-order valence-electron chi connectivity index (χ4n) is 2.28. The summed E-state index contributed by atoms with van der Waals surface area (Å²) in [6.45, 7) is 3.25. The molecule has 0 fully saturated rings. The van der Waals surface area contributed by atoms with Gasteiger partial charge in [0, 0.05) is 31.5 Å². The first-order chi connectivity index (χ1) is 10.6. The Labute approximate surface area is 135 Å². The van der Waals surface area contributed by atoms with Crippen molar-refractivity contribution in [3.05, 3.63) is 41.1 Å². The number of urea groups is 1. The molecule has 2 N–H and O–H groups in total. The summed E-state index contributed by atoms with van der Waals surface area (Å²) in [5, 5.41) is 10.1. The minimum atomic E-state index is -0.144. The van der Waals surface area contributed by atoms with Crippen molar-refractivity contribution in [2.24, 2.45) is 0 Å². The van der Waals surface area contributed by atoms with Crippen LogP contribution in [-0.2, 0) is 6.54 Å². The number of thiophene rings is 1. The summed E-state index contributed by atoms with van der Waals surface area (Å²) in [5.41, 5.74) is 1.22. The van der Waals surface area contributed by atoms with E-state index in [1.165, 1.54) is 5.56 Å². The fraction of sp³-hybridized carbons (Fsp3) is 0.467. The van der Waals surface area contributed by atoms with Gasteiger partial charge in [-0.1, -0.05) is 0 Å². The molecule has 2 heterocycles. The van der Waals surface area contributed by atoms with Crippen LogP contribution in [0.3, 0.4) is 0 Å². The Morgan fingerprint density at radius 2 is 2.32 bits per heavy atom. The smallest absolute Gasteiger partial charge is 0.315 e. The van der Waals surface area contributed by atoms with Crippen LogP contribution in [0.4, 0.5) is 4.79 Å². The molecule has 0 radical (unpaired) electrons. The molecule has 0 bridgehead atoms. The summed E-state index contributed by atoms with van der Waals surface area (Å²) < 4.78 is 1.94. The first kappa shape index (κ1) is 16.5. The monoisotopic (exact) mass is 321 g/mol. The van der Waals surface area contributed by atoms with Gasteiger partial charge in [-0.3, -0.25) is 0 Å². The van der Waals surface area contributed by atoms with Crippen LogP contribution in [0, 0.1) is 0 Å². The van der Waals surface area contributed by atoms with Crippen molar-refractivity contribution >= 4 is 17.4 Å². The van der Waals surface area contributed by atoms with Crippen LogP contribution in [0.25, 0.3) is 0 Å². The summed E-state index contributed by atoms with van der Waals surface area (Å²) in [6, 6.07) is 2.17. The van der Waals surface area contributed by atoms with Crippen molar-refractivity contribution in [2.75, 3.05) is 20.6 Å². The number of nitrogens with zero attached hydrogens (tertiary/aromatic N) is 3. The van der Waals surface area contributed by atoms with Crippen molar-refractivity contribution in [3.8, 4) is 0 Å². The van der Waals surface area contributed by atoms with Gasteiger partial charge in [0.15, 0.2) is 0 Å². The highest BCUT2D eigenvalue weighted by molar-refractivity contribution is 7.07. The second-order valence-corrected chi connectivity index (χ2v) is 6.33. The number of aromatic nitrogens is 2. The van der Waals surface area contributed by atoms with Gasteiger partial charge in [-0.05, 0) is 43.4 Å². The molecule has 6 nitrogen and oxygen atoms in total. The van der Waals surface area contributed by atoms with Crippen molar-refractivity contribution in [1.82, 2.24) is 25.1 Å². The maximum atomic E-state index is 12.0. The average molecular weight is 321 g/mol. The van der Waals surface area contributed by atoms with Gasteiger partial charge in [-0.15, -0.1) is 0 Å². The predicted molar refractivity (Wildman–Crippen MR) is 89.0 cm³/mol. The molecule has 0 aliphatic carbocycles. The SMILES string of the molecule is C[C@H](Cn1ccnc1)NC(=O)NC[C@H](c1ccsc1)N(C)C. The van der Waals surface area contributed by atoms with E-state index >= 15 is 0 Å². The third kappa shape index (κ3) is 4.85. The van der Waals surface area contributed by atoms with Gasteiger partial charge in [0.2, 0.25) is 0 Å². The highest BCUT2D eigenvalue weighted by Gasteiger charge is 2.16. The quantitative estimate of drug-likeness (QED) is 0.819. The van der Waals surface area contributed by atoms with Crippen molar-refractivity contribution in [3.63, 3.8) is 0 Å². The molecule has 0 aliphatic heterocycles. The molecule has 0 aliphatic rings. The number of imidazole rings is 1. The largest absolute Gasteiger partial charge is 0.336 e. The predicted octanol–water partition coefficient (Wildman–Crippen LogP) is 1.94. The maximum Gasteiger partial charge on any atom is 0.315 e. The highest BCUT2D eigenvalue weighted by atomic mass is 32.1. The van der Waals surface area contributed by atoms with E-state index in [0.29, 0.717) is 13.1 Å². The van der Waals surface area contributed by atoms with Gasteiger partial charge >= 0.3 is 6.03 Å². The van der Waals surface area contributed by atoms with Crippen molar-refractivity contribution in [2.45, 2.75) is 25.6 Å². The highest BCUT2D eigenvalue weighted by Crippen LogP contribution is 2.19. The lowest BCUT2D eigenvalue weighted by Gasteiger charge is -2.24. The van der Waals surface area contributed by atoms with E-state index in [2.05, 4.69) is 37.3 Å². The van der Waals surface area contributed by atoms with Gasteiger partial charge < -0.3 is 20.1 Å². The number of likely N-dealkylation sites (N-methyl/N-ethyl adjacent to an activating group) is 1. The Kier molecular flexibility index (Phi) is 5.97. The molecule has 0 aromatic carbocycles. The zero-order valence-electron chi connectivity index (χ0n) is 13.2. The molecule has 22 heavy (non-hydrogen) atoms. The van der Waals surface area contributed by atoms with Gasteiger partial charge in [-0.2, -0.15) is 11.3 Å². The molecule has 0 unspecified atom stereocenters. The number of hydrogen-bond donors (Lipinski definition) is 2. The molecule has 2 atom stereocenters. The van der Waals surface area contributed by atoms with Crippen LogP contribution in [0.5, 0.6) is 0 Å². The molecular weight excluding hydrogens is 298 g/mol. The van der Waals surface area contributed by atoms with Crippen LogP contribution in [0.1, 0.15) is 18.5 Å². The third-order valence-electron chi connectivity index (χ3n) is 3.43. The Morgan fingerprint density at radius 1 is 1.50 bits per heavy atom. The van der Waals surface area contributed by atoms with Crippen LogP contribution in [0.2, 0.25) is 0 Å². The van der Waals surface area contributed by atoms with E-state index in [9.17, 15) is 4.79 Å². The molecule has 2 amide bonds. The zero-order valence-corrected chi connectivity index (χ0v) is 14.0. The van der Waals surface area contributed by atoms with Crippen molar-refractivity contribution in [1.29, 1.82) is 0 Å². The first-order valence-electron chi connectivity index (χ1n) is 7.25. The Bertz CT molecular complexity index is 553. The van der Waals surface area contributed by atoms with E-state index in [1.54, 1.807) is 23.9 Å². The Morgan fingerprint density at radius 3 is 2.91 bits per heavy atom. The van der Waals surface area contributed by atoms with E-state index in [0.717, 1.165) is 0 Å². The zero-order chi connectivity index (χ0) is 15.9. The molecule has 0 saturated carbocycles. The summed E-state index contributed by atoms with van der Waals surface area (Å²) in [5.74, 6) is 0. The molecule has 0 saturated heterocycles. The third-order valence-corrected chi connectivity index (χ3v) is 4.13. The first-order valence-corrected chi connectivity index (χ1v) is 8.19. The van der Waals surface area contributed by atoms with E-state index in [4.69, 9.17) is 0 Å². The van der Waals surface area contributed by atoms with Gasteiger partial charge in [0.1, 0.15) is 0 Å². The van der Waals surface area contributed by atoms with E-state index < -0.39 is 0 Å². The van der Waals surface area contributed by atoms with E-state index in [1.807, 2.05) is 31.8 Å². The molecule has 7 heteroatoms. The van der Waals surface area contributed by atoms with E-state index in [-0.39, 0.29) is 18.1 Å². The van der Waals surface area contributed by atoms with Gasteiger partial charge in [-0.25, -0.2) is 9.78 Å². The summed E-state index contributed by atoms with van der Waals surface area (Å²) in [4.78, 5) is 18.1. The molecule has 2 aromatic heterocycles. The second kappa shape index (κ2) is 7.95. The van der Waals surface area contributed by atoms with Crippen LogP contribution in [0.15, 0.2) is 35.5 Å². The number of carbonyl (C=O) groups is 1. The standard InChI is InChI=1S/C15H23N5OS/c1-12(9-20-6-5-16-11-20)18-15(21)17-8-14(19(2)3)13-4-7-22-10-13/h4-7,10-12,14H,8-9H2,1-3H3,(H2,17,18,21)/t12-,14-/m1/s1. The number of rotatable bonds is 7. The minimum absolute atomic E-state index is 0.0353. The molecule has 0 spiro atoms. The number of hydrogen-bond acceptors (Lipinski definition) is 4. The lowest BCUT2D eigenvalue weighted by Crippen LogP contribution is -2.45. The normalized spacial score (nSPS) is 13.8. The summed E-state index contributed by atoms with van der Waals surface area (Å²) in [7, 11) is 4.03. The van der Waals surface area contributed by atoms with Crippen molar-refractivity contribution < 1.29 is 4.79 Å². The minimum Gasteiger partial charge on any atom is -0.336 e. The number of nitrogens with one attached hydrogen (secondary N) is 2. The Hall–Kier alpha value is -1.86. The van der Waals surface area contributed by atoms with Crippen LogP contribution in [-0.4, -0.2) is 47.2 Å². The lowest BCUT2D eigenvalue weighted by atomic mass is 10.1. The average Bonchev–Trinajstić information content (AvgIpc) is 3.11. The van der Waals surface area contributed by atoms with Crippen LogP contribution >= 0.6 is 11.3 Å². The van der Waals surface area contributed by atoms with Gasteiger partial charge in [0.05, 0.1) is 12.4 Å². The molecule has 2 rings (SSSR count). The Balaban J connectivity index is 1.78. The number of carbonyl (C=O) groups excluding carboxylic acids is 1. The topological polar surface area (TPSA) is 62.2 Å². The molecular formula is C15H23N5OS.